The maximum absolute atomic E-state index is 11.9. The number of hydrogen-bond acceptors (Lipinski definition) is 4. The number of hydrogen-bond donors (Lipinski definition) is 1. The van der Waals surface area contributed by atoms with Crippen molar-refractivity contribution in [3.05, 3.63) is 22.8 Å². The van der Waals surface area contributed by atoms with Crippen molar-refractivity contribution in [2.45, 2.75) is 13.3 Å². The largest absolute Gasteiger partial charge is 0.382 e. The molecule has 1 heterocycles. The van der Waals surface area contributed by atoms with Crippen LogP contribution < -0.4 is 10.2 Å². The molecule has 6 heteroatoms. The summed E-state index contributed by atoms with van der Waals surface area (Å²) in [5.41, 5.74) is 0.514. The van der Waals surface area contributed by atoms with Crippen molar-refractivity contribution < 1.29 is 9.53 Å². The van der Waals surface area contributed by atoms with Crippen LogP contribution in [-0.2, 0) is 4.74 Å². The van der Waals surface area contributed by atoms with Crippen molar-refractivity contribution in [1.29, 1.82) is 0 Å². The van der Waals surface area contributed by atoms with Crippen LogP contribution in [0.5, 0.6) is 0 Å². The van der Waals surface area contributed by atoms with Gasteiger partial charge < -0.3 is 15.0 Å². The highest BCUT2D eigenvalue weighted by atomic mass is 35.5. The van der Waals surface area contributed by atoms with Crippen LogP contribution in [0.1, 0.15) is 23.7 Å². The molecule has 0 fully saturated rings. The molecule has 19 heavy (non-hydrogen) atoms. The highest BCUT2D eigenvalue weighted by Crippen LogP contribution is 2.16. The Kier molecular flexibility index (Phi) is 6.59. The standard InChI is InChI=1S/C13H20ClN3O2/c1-4-19-7-5-6-15-13(18)10-8-11(14)16-12(9-10)17(2)3/h8-9H,4-7H2,1-3H3,(H,15,18). The van der Waals surface area contributed by atoms with E-state index in [2.05, 4.69) is 10.3 Å². The first-order valence-corrected chi connectivity index (χ1v) is 6.63. The van der Waals surface area contributed by atoms with E-state index in [1.807, 2.05) is 21.0 Å². The number of nitrogens with one attached hydrogen (secondary N) is 1. The second kappa shape index (κ2) is 7.96. The van der Waals surface area contributed by atoms with E-state index in [1.165, 1.54) is 0 Å². The Balaban J connectivity index is 2.56. The first-order chi connectivity index (χ1) is 9.04. The Hall–Kier alpha value is -1.33. The molecular formula is C13H20ClN3O2. The number of anilines is 1. The molecule has 0 saturated heterocycles. The van der Waals surface area contributed by atoms with E-state index >= 15 is 0 Å². The lowest BCUT2D eigenvalue weighted by Gasteiger charge is -2.13. The Morgan fingerprint density at radius 2 is 2.21 bits per heavy atom. The van der Waals surface area contributed by atoms with Gasteiger partial charge in [-0.1, -0.05) is 11.6 Å². The van der Waals surface area contributed by atoms with Gasteiger partial charge in [-0.25, -0.2) is 4.98 Å². The van der Waals surface area contributed by atoms with Crippen LogP contribution >= 0.6 is 11.6 Å². The van der Waals surface area contributed by atoms with Crippen molar-refractivity contribution >= 4 is 23.3 Å². The van der Waals surface area contributed by atoms with Crippen LogP contribution in [0.4, 0.5) is 5.82 Å². The first-order valence-electron chi connectivity index (χ1n) is 6.25. The lowest BCUT2D eigenvalue weighted by molar-refractivity contribution is 0.0944. The zero-order valence-corrected chi connectivity index (χ0v) is 12.3. The lowest BCUT2D eigenvalue weighted by atomic mass is 10.2. The fourth-order valence-electron chi connectivity index (χ4n) is 1.47. The van der Waals surface area contributed by atoms with Crippen LogP contribution in [-0.4, -0.2) is 44.7 Å². The summed E-state index contributed by atoms with van der Waals surface area (Å²) < 4.78 is 5.20. The minimum Gasteiger partial charge on any atom is -0.382 e. The van der Waals surface area contributed by atoms with Gasteiger partial charge in [0, 0.05) is 39.4 Å². The van der Waals surface area contributed by atoms with Gasteiger partial charge in [0.25, 0.3) is 5.91 Å². The van der Waals surface area contributed by atoms with E-state index in [-0.39, 0.29) is 5.91 Å². The van der Waals surface area contributed by atoms with Gasteiger partial charge in [0.05, 0.1) is 0 Å². The third kappa shape index (κ3) is 5.44. The average Bonchev–Trinajstić information content (AvgIpc) is 2.37. The molecule has 0 aromatic carbocycles. The lowest BCUT2D eigenvalue weighted by Crippen LogP contribution is -2.25. The Morgan fingerprint density at radius 3 is 2.84 bits per heavy atom. The zero-order chi connectivity index (χ0) is 14.3. The predicted octanol–water partition coefficient (Wildman–Crippen LogP) is 1.96. The van der Waals surface area contributed by atoms with Gasteiger partial charge in [0.15, 0.2) is 0 Å². The fourth-order valence-corrected chi connectivity index (χ4v) is 1.67. The fraction of sp³-hybridized carbons (Fsp3) is 0.538. The second-order valence-corrected chi connectivity index (χ2v) is 4.62. The summed E-state index contributed by atoms with van der Waals surface area (Å²) in [6.07, 6.45) is 0.791. The number of amides is 1. The highest BCUT2D eigenvalue weighted by Gasteiger charge is 2.09. The smallest absolute Gasteiger partial charge is 0.251 e. The quantitative estimate of drug-likeness (QED) is 0.615. The Bertz CT molecular complexity index is 424. The Labute approximate surface area is 118 Å². The molecule has 0 radical (unpaired) electrons. The van der Waals surface area contributed by atoms with Gasteiger partial charge in [-0.15, -0.1) is 0 Å². The molecular weight excluding hydrogens is 266 g/mol. The second-order valence-electron chi connectivity index (χ2n) is 4.24. The van der Waals surface area contributed by atoms with Crippen LogP contribution in [0.25, 0.3) is 0 Å². The van der Waals surface area contributed by atoms with Crippen molar-refractivity contribution in [3.8, 4) is 0 Å². The molecule has 0 aliphatic rings. The molecule has 0 aliphatic heterocycles. The average molecular weight is 286 g/mol. The zero-order valence-electron chi connectivity index (χ0n) is 11.6. The van der Waals surface area contributed by atoms with Gasteiger partial charge in [-0.3, -0.25) is 4.79 Å². The molecule has 0 spiro atoms. The Morgan fingerprint density at radius 1 is 1.47 bits per heavy atom. The molecule has 1 amide bonds. The van der Waals surface area contributed by atoms with E-state index in [1.54, 1.807) is 17.0 Å². The summed E-state index contributed by atoms with van der Waals surface area (Å²) in [5.74, 6) is 0.510. The number of nitrogens with zero attached hydrogens (tertiary/aromatic N) is 2. The van der Waals surface area contributed by atoms with Gasteiger partial charge in [0.1, 0.15) is 11.0 Å². The molecule has 1 aromatic rings. The normalized spacial score (nSPS) is 10.3. The van der Waals surface area contributed by atoms with E-state index in [0.717, 1.165) is 6.42 Å². The first kappa shape index (κ1) is 15.7. The SMILES string of the molecule is CCOCCCNC(=O)c1cc(Cl)nc(N(C)C)c1. The van der Waals surface area contributed by atoms with Crippen molar-refractivity contribution in [2.24, 2.45) is 0 Å². The molecule has 1 rings (SSSR count). The van der Waals surface area contributed by atoms with Gasteiger partial charge >= 0.3 is 0 Å². The highest BCUT2D eigenvalue weighted by molar-refractivity contribution is 6.29. The molecule has 0 aliphatic carbocycles. The number of pyridine rings is 1. The van der Waals surface area contributed by atoms with E-state index < -0.39 is 0 Å². The minimum absolute atomic E-state index is 0.149. The summed E-state index contributed by atoms with van der Waals surface area (Å²) >= 11 is 5.90. The maximum atomic E-state index is 11.9. The summed E-state index contributed by atoms with van der Waals surface area (Å²) in [6, 6.07) is 3.27. The monoisotopic (exact) mass is 285 g/mol. The van der Waals surface area contributed by atoms with Crippen molar-refractivity contribution in [1.82, 2.24) is 10.3 Å². The molecule has 106 valence electrons. The van der Waals surface area contributed by atoms with Crippen LogP contribution in [0.2, 0.25) is 5.15 Å². The maximum Gasteiger partial charge on any atom is 0.251 e. The molecule has 0 unspecified atom stereocenters. The van der Waals surface area contributed by atoms with Gasteiger partial charge in [-0.05, 0) is 25.5 Å². The molecule has 0 bridgehead atoms. The van der Waals surface area contributed by atoms with Crippen LogP contribution in [0.3, 0.4) is 0 Å². The summed E-state index contributed by atoms with van der Waals surface area (Å²) in [7, 11) is 3.70. The topological polar surface area (TPSA) is 54.5 Å². The minimum atomic E-state index is -0.149. The van der Waals surface area contributed by atoms with Crippen molar-refractivity contribution in [3.63, 3.8) is 0 Å². The number of carbonyl (C=O) groups is 1. The number of halogens is 1. The number of rotatable bonds is 7. The molecule has 5 nitrogen and oxygen atoms in total. The predicted molar refractivity (Wildman–Crippen MR) is 77.0 cm³/mol. The van der Waals surface area contributed by atoms with E-state index in [4.69, 9.17) is 16.3 Å². The van der Waals surface area contributed by atoms with Crippen LogP contribution in [0.15, 0.2) is 12.1 Å². The van der Waals surface area contributed by atoms with E-state index in [0.29, 0.717) is 36.3 Å². The third-order valence-corrected chi connectivity index (χ3v) is 2.65. The number of ether oxygens (including phenoxy) is 1. The number of aromatic nitrogens is 1. The number of carbonyl (C=O) groups excluding carboxylic acids is 1. The summed E-state index contributed by atoms with van der Waals surface area (Å²) in [5, 5.41) is 3.14. The molecule has 0 saturated carbocycles. The third-order valence-electron chi connectivity index (χ3n) is 2.46. The van der Waals surface area contributed by atoms with Gasteiger partial charge in [-0.2, -0.15) is 0 Å². The van der Waals surface area contributed by atoms with Gasteiger partial charge in [0.2, 0.25) is 0 Å². The van der Waals surface area contributed by atoms with Crippen LogP contribution in [0, 0.1) is 0 Å². The molecule has 1 N–H and O–H groups in total. The van der Waals surface area contributed by atoms with E-state index in [9.17, 15) is 4.79 Å². The molecule has 1 aromatic heterocycles. The molecule has 0 atom stereocenters. The summed E-state index contributed by atoms with van der Waals surface area (Å²) in [6.45, 7) is 3.87. The summed E-state index contributed by atoms with van der Waals surface area (Å²) in [4.78, 5) is 17.9. The van der Waals surface area contributed by atoms with Crippen molar-refractivity contribution in [2.75, 3.05) is 38.8 Å².